The Morgan fingerprint density at radius 1 is 1.53 bits per heavy atom. The van der Waals surface area contributed by atoms with Crippen molar-refractivity contribution in [3.63, 3.8) is 0 Å². The summed E-state index contributed by atoms with van der Waals surface area (Å²) in [5, 5.41) is 16.7. The highest BCUT2D eigenvalue weighted by molar-refractivity contribution is 5.90. The first kappa shape index (κ1) is 15.3. The molecule has 1 fully saturated rings. The molecule has 1 aliphatic rings. The lowest BCUT2D eigenvalue weighted by atomic mass is 9.96. The Bertz CT molecular complexity index is 372. The monoisotopic (exact) mass is 271 g/mol. The number of aliphatic carboxylic acids is 1. The Labute approximate surface area is 112 Å². The van der Waals surface area contributed by atoms with Gasteiger partial charge in [-0.05, 0) is 26.2 Å². The van der Waals surface area contributed by atoms with E-state index >= 15 is 0 Å². The second-order valence-corrected chi connectivity index (χ2v) is 4.97. The van der Waals surface area contributed by atoms with Crippen LogP contribution in [0.2, 0.25) is 0 Å². The van der Waals surface area contributed by atoms with Crippen molar-refractivity contribution < 1.29 is 19.5 Å². The number of nitrogens with one attached hydrogen (secondary N) is 3. The topological polar surface area (TPSA) is 108 Å². The van der Waals surface area contributed by atoms with Crippen LogP contribution in [0, 0.1) is 0 Å². The number of carbonyl (C=O) groups excluding carboxylic acids is 2. The molecule has 19 heavy (non-hydrogen) atoms. The molecule has 0 aliphatic carbocycles. The molecule has 7 nitrogen and oxygen atoms in total. The zero-order valence-electron chi connectivity index (χ0n) is 11.3. The van der Waals surface area contributed by atoms with Crippen molar-refractivity contribution in [1.29, 1.82) is 0 Å². The molecule has 3 amide bonds. The fraction of sp³-hybridized carbons (Fsp3) is 0.750. The molecule has 0 radical (unpaired) electrons. The van der Waals surface area contributed by atoms with Crippen molar-refractivity contribution >= 4 is 17.9 Å². The number of piperidine rings is 1. The minimum atomic E-state index is -1.32. The molecule has 0 spiro atoms. The molecule has 0 aromatic heterocycles. The van der Waals surface area contributed by atoms with E-state index in [1.807, 2.05) is 6.92 Å². The lowest BCUT2D eigenvalue weighted by Crippen LogP contribution is -2.59. The first-order valence-corrected chi connectivity index (χ1v) is 6.49. The molecular weight excluding hydrogens is 250 g/mol. The minimum absolute atomic E-state index is 0.228. The molecule has 0 bridgehead atoms. The first-order valence-electron chi connectivity index (χ1n) is 6.49. The van der Waals surface area contributed by atoms with Gasteiger partial charge in [0.15, 0.2) is 0 Å². The lowest BCUT2D eigenvalue weighted by molar-refractivity contribution is -0.144. The molecule has 2 unspecified atom stereocenters. The van der Waals surface area contributed by atoms with E-state index in [1.54, 1.807) is 0 Å². The molecule has 0 aromatic carbocycles. The SMILES string of the molecule is CCCC(C)(NC(=O)NC1CCCNC1=O)C(=O)O. The summed E-state index contributed by atoms with van der Waals surface area (Å²) in [5.74, 6) is -1.31. The van der Waals surface area contributed by atoms with E-state index in [-0.39, 0.29) is 5.91 Å². The number of carbonyl (C=O) groups is 3. The third-order valence-corrected chi connectivity index (χ3v) is 3.20. The number of rotatable bonds is 5. The predicted molar refractivity (Wildman–Crippen MR) is 68.6 cm³/mol. The number of amides is 3. The van der Waals surface area contributed by atoms with Gasteiger partial charge in [0.2, 0.25) is 5.91 Å². The Morgan fingerprint density at radius 2 is 2.21 bits per heavy atom. The normalized spacial score (nSPS) is 22.0. The summed E-state index contributed by atoms with van der Waals surface area (Å²) in [6, 6.07) is -1.21. The summed E-state index contributed by atoms with van der Waals surface area (Å²) in [6.07, 6.45) is 2.32. The van der Waals surface area contributed by atoms with Gasteiger partial charge in [0, 0.05) is 6.54 Å². The van der Waals surface area contributed by atoms with Crippen LogP contribution in [0.4, 0.5) is 4.79 Å². The number of hydrogen-bond donors (Lipinski definition) is 4. The second kappa shape index (κ2) is 6.40. The van der Waals surface area contributed by atoms with Gasteiger partial charge in [-0.15, -0.1) is 0 Å². The molecule has 2 atom stereocenters. The maximum atomic E-state index is 11.8. The van der Waals surface area contributed by atoms with Crippen LogP contribution in [0.5, 0.6) is 0 Å². The second-order valence-electron chi connectivity index (χ2n) is 4.97. The first-order chi connectivity index (χ1) is 8.89. The van der Waals surface area contributed by atoms with Gasteiger partial charge in [-0.3, -0.25) is 4.79 Å². The summed E-state index contributed by atoms with van der Waals surface area (Å²) in [6.45, 7) is 3.91. The van der Waals surface area contributed by atoms with Crippen molar-refractivity contribution in [1.82, 2.24) is 16.0 Å². The number of urea groups is 1. The van der Waals surface area contributed by atoms with Crippen molar-refractivity contribution in [2.24, 2.45) is 0 Å². The Kier molecular flexibility index (Phi) is 5.14. The molecule has 1 heterocycles. The predicted octanol–water partition coefficient (Wildman–Crippen LogP) is 0.208. The average molecular weight is 271 g/mol. The summed E-state index contributed by atoms with van der Waals surface area (Å²) in [4.78, 5) is 34.5. The zero-order valence-corrected chi connectivity index (χ0v) is 11.3. The van der Waals surface area contributed by atoms with Gasteiger partial charge in [0.05, 0.1) is 0 Å². The lowest BCUT2D eigenvalue weighted by Gasteiger charge is -2.28. The minimum Gasteiger partial charge on any atom is -0.480 e. The Balaban J connectivity index is 2.57. The molecular formula is C12H21N3O4. The van der Waals surface area contributed by atoms with Crippen LogP contribution in [0.3, 0.4) is 0 Å². The van der Waals surface area contributed by atoms with Crippen LogP contribution < -0.4 is 16.0 Å². The Hall–Kier alpha value is -1.79. The van der Waals surface area contributed by atoms with Gasteiger partial charge in [-0.25, -0.2) is 9.59 Å². The molecule has 108 valence electrons. The van der Waals surface area contributed by atoms with E-state index in [9.17, 15) is 14.4 Å². The van der Waals surface area contributed by atoms with E-state index < -0.39 is 23.6 Å². The average Bonchev–Trinajstić information content (AvgIpc) is 2.32. The zero-order chi connectivity index (χ0) is 14.5. The van der Waals surface area contributed by atoms with E-state index in [4.69, 9.17) is 5.11 Å². The van der Waals surface area contributed by atoms with Crippen LogP contribution in [-0.4, -0.2) is 41.1 Å². The number of carboxylic acids is 1. The van der Waals surface area contributed by atoms with E-state index in [0.29, 0.717) is 25.8 Å². The van der Waals surface area contributed by atoms with Gasteiger partial charge in [0.1, 0.15) is 11.6 Å². The van der Waals surface area contributed by atoms with Crippen molar-refractivity contribution in [3.05, 3.63) is 0 Å². The maximum Gasteiger partial charge on any atom is 0.329 e. The van der Waals surface area contributed by atoms with Gasteiger partial charge in [-0.2, -0.15) is 0 Å². The van der Waals surface area contributed by atoms with Gasteiger partial charge in [-0.1, -0.05) is 13.3 Å². The molecule has 1 saturated heterocycles. The highest BCUT2D eigenvalue weighted by Gasteiger charge is 2.35. The maximum absolute atomic E-state index is 11.8. The highest BCUT2D eigenvalue weighted by atomic mass is 16.4. The van der Waals surface area contributed by atoms with E-state index in [2.05, 4.69) is 16.0 Å². The fourth-order valence-corrected chi connectivity index (χ4v) is 2.08. The standard InChI is InChI=1S/C12H21N3O4/c1-3-6-12(2,10(17)18)15-11(19)14-8-5-4-7-13-9(8)16/h8H,3-7H2,1-2H3,(H,13,16)(H,17,18)(H2,14,15,19). The smallest absolute Gasteiger partial charge is 0.329 e. The summed E-state index contributed by atoms with van der Waals surface area (Å²) in [7, 11) is 0. The molecule has 1 aliphatic heterocycles. The third-order valence-electron chi connectivity index (χ3n) is 3.20. The molecule has 1 rings (SSSR count). The van der Waals surface area contributed by atoms with Crippen LogP contribution in [-0.2, 0) is 9.59 Å². The van der Waals surface area contributed by atoms with Gasteiger partial charge in [0.25, 0.3) is 0 Å². The van der Waals surface area contributed by atoms with Crippen LogP contribution in [0.1, 0.15) is 39.5 Å². The van der Waals surface area contributed by atoms with E-state index in [0.717, 1.165) is 6.42 Å². The van der Waals surface area contributed by atoms with E-state index in [1.165, 1.54) is 6.92 Å². The largest absolute Gasteiger partial charge is 0.480 e. The highest BCUT2D eigenvalue weighted by Crippen LogP contribution is 2.12. The van der Waals surface area contributed by atoms with Crippen molar-refractivity contribution in [2.75, 3.05) is 6.54 Å². The third kappa shape index (κ3) is 4.11. The molecule has 0 saturated carbocycles. The Morgan fingerprint density at radius 3 is 2.74 bits per heavy atom. The van der Waals surface area contributed by atoms with Gasteiger partial charge >= 0.3 is 12.0 Å². The molecule has 7 heteroatoms. The van der Waals surface area contributed by atoms with Crippen LogP contribution in [0.25, 0.3) is 0 Å². The number of hydrogen-bond acceptors (Lipinski definition) is 3. The van der Waals surface area contributed by atoms with Crippen molar-refractivity contribution in [3.8, 4) is 0 Å². The molecule has 0 aromatic rings. The quantitative estimate of drug-likeness (QED) is 0.573. The van der Waals surface area contributed by atoms with Crippen LogP contribution >= 0.6 is 0 Å². The summed E-state index contributed by atoms with van der Waals surface area (Å²) < 4.78 is 0. The summed E-state index contributed by atoms with van der Waals surface area (Å²) >= 11 is 0. The summed E-state index contributed by atoms with van der Waals surface area (Å²) in [5.41, 5.74) is -1.32. The van der Waals surface area contributed by atoms with Crippen molar-refractivity contribution in [2.45, 2.75) is 51.1 Å². The van der Waals surface area contributed by atoms with Gasteiger partial charge < -0.3 is 21.1 Å². The van der Waals surface area contributed by atoms with Crippen LogP contribution in [0.15, 0.2) is 0 Å². The fourth-order valence-electron chi connectivity index (χ4n) is 2.08. The molecule has 4 N–H and O–H groups in total. The number of carboxylic acid groups (broad SMARTS) is 1.